The predicted molar refractivity (Wildman–Crippen MR) is 123 cm³/mol. The lowest BCUT2D eigenvalue weighted by Crippen LogP contribution is -2.31. The van der Waals surface area contributed by atoms with Gasteiger partial charge in [0, 0.05) is 17.0 Å². The second-order valence-electron chi connectivity index (χ2n) is 7.02. The number of hydrogen-bond donors (Lipinski definition) is 1. The van der Waals surface area contributed by atoms with Gasteiger partial charge in [-0.3, -0.25) is 14.3 Å². The molecule has 7 nitrogen and oxygen atoms in total. The van der Waals surface area contributed by atoms with Gasteiger partial charge in [-0.05, 0) is 60.7 Å². The molecule has 0 unspecified atom stereocenters. The summed E-state index contributed by atoms with van der Waals surface area (Å²) in [6, 6.07) is 21.6. The van der Waals surface area contributed by atoms with Gasteiger partial charge in [0.1, 0.15) is 5.75 Å². The minimum absolute atomic E-state index is 0.0952. The maximum absolute atomic E-state index is 12.8. The van der Waals surface area contributed by atoms with Crippen molar-refractivity contribution in [2.45, 2.75) is 21.5 Å². The molecular weight excluding hydrogens is 448 g/mol. The number of imide groups is 1. The Hall–Kier alpha value is -3.30. The molecule has 1 saturated heterocycles. The standard InChI is InChI=1S/C23H20N2O5S2/c1-30-18-11-9-17(10-12-18)25-22(26)15-21(23(25)27)31-19-13-7-16(8-14-19)24-32(28,29)20-5-3-2-4-6-20/h2-14,21,24H,15H2,1H3/t21-/m0/s1. The predicted octanol–water partition coefficient (Wildman–Crippen LogP) is 3.92. The molecule has 0 aliphatic carbocycles. The molecule has 3 aromatic carbocycles. The van der Waals surface area contributed by atoms with Crippen LogP contribution in [0, 0.1) is 0 Å². The first-order chi connectivity index (χ1) is 15.4. The highest BCUT2D eigenvalue weighted by Gasteiger charge is 2.40. The molecule has 4 rings (SSSR count). The third-order valence-electron chi connectivity index (χ3n) is 4.87. The smallest absolute Gasteiger partial charge is 0.261 e. The Balaban J connectivity index is 1.43. The zero-order chi connectivity index (χ0) is 22.7. The Kier molecular flexibility index (Phi) is 6.20. The SMILES string of the molecule is COc1ccc(N2C(=O)C[C@H](Sc3ccc(NS(=O)(=O)c4ccccc4)cc3)C2=O)cc1. The first-order valence-electron chi connectivity index (χ1n) is 9.73. The Bertz CT molecular complexity index is 1230. The van der Waals surface area contributed by atoms with Crippen LogP contribution < -0.4 is 14.4 Å². The lowest BCUT2D eigenvalue weighted by Gasteiger charge is -2.15. The fourth-order valence-electron chi connectivity index (χ4n) is 3.28. The van der Waals surface area contributed by atoms with E-state index in [2.05, 4.69) is 4.72 Å². The van der Waals surface area contributed by atoms with E-state index in [1.165, 1.54) is 28.8 Å². The van der Waals surface area contributed by atoms with Crippen LogP contribution in [0.1, 0.15) is 6.42 Å². The summed E-state index contributed by atoms with van der Waals surface area (Å²) in [6.45, 7) is 0. The molecule has 164 valence electrons. The number of carbonyl (C=O) groups is 2. The Labute approximate surface area is 190 Å². The van der Waals surface area contributed by atoms with Gasteiger partial charge in [-0.2, -0.15) is 0 Å². The summed E-state index contributed by atoms with van der Waals surface area (Å²) in [5.74, 6) is 0.102. The molecule has 0 radical (unpaired) electrons. The lowest BCUT2D eigenvalue weighted by molar-refractivity contribution is -0.121. The van der Waals surface area contributed by atoms with Crippen LogP contribution in [0.2, 0.25) is 0 Å². The molecule has 0 bridgehead atoms. The van der Waals surface area contributed by atoms with Crippen molar-refractivity contribution < 1.29 is 22.7 Å². The lowest BCUT2D eigenvalue weighted by atomic mass is 10.3. The van der Waals surface area contributed by atoms with Gasteiger partial charge in [0.15, 0.2) is 0 Å². The van der Waals surface area contributed by atoms with Gasteiger partial charge in [-0.1, -0.05) is 18.2 Å². The monoisotopic (exact) mass is 468 g/mol. The maximum atomic E-state index is 12.8. The highest BCUT2D eigenvalue weighted by molar-refractivity contribution is 8.00. The number of thioether (sulfide) groups is 1. The summed E-state index contributed by atoms with van der Waals surface area (Å²) in [7, 11) is -2.13. The topological polar surface area (TPSA) is 92.8 Å². The van der Waals surface area contributed by atoms with Gasteiger partial charge in [-0.25, -0.2) is 13.3 Å². The van der Waals surface area contributed by atoms with Crippen molar-refractivity contribution in [3.8, 4) is 5.75 Å². The molecule has 1 fully saturated rings. The van der Waals surface area contributed by atoms with Crippen molar-refractivity contribution in [2.75, 3.05) is 16.7 Å². The van der Waals surface area contributed by atoms with Crippen LogP contribution in [0.5, 0.6) is 5.75 Å². The number of sulfonamides is 1. The number of nitrogens with one attached hydrogen (secondary N) is 1. The van der Waals surface area contributed by atoms with Crippen LogP contribution >= 0.6 is 11.8 Å². The number of methoxy groups -OCH3 is 1. The van der Waals surface area contributed by atoms with E-state index in [1.54, 1.807) is 73.8 Å². The molecule has 1 atom stereocenters. The van der Waals surface area contributed by atoms with E-state index in [9.17, 15) is 18.0 Å². The first kappa shape index (κ1) is 21.9. The second kappa shape index (κ2) is 9.05. The number of ether oxygens (including phenoxy) is 1. The number of carbonyl (C=O) groups excluding carboxylic acids is 2. The number of anilines is 2. The number of rotatable bonds is 7. The average Bonchev–Trinajstić information content (AvgIpc) is 3.08. The highest BCUT2D eigenvalue weighted by Crippen LogP contribution is 2.35. The third-order valence-corrected chi connectivity index (χ3v) is 7.47. The Morgan fingerprint density at radius 3 is 2.22 bits per heavy atom. The minimum atomic E-state index is -3.68. The fraction of sp³-hybridized carbons (Fsp3) is 0.130. The number of benzene rings is 3. The zero-order valence-corrected chi connectivity index (χ0v) is 18.7. The Morgan fingerprint density at radius 2 is 1.59 bits per heavy atom. The van der Waals surface area contributed by atoms with Crippen LogP contribution in [-0.4, -0.2) is 32.6 Å². The Morgan fingerprint density at radius 1 is 0.938 bits per heavy atom. The van der Waals surface area contributed by atoms with E-state index in [0.717, 1.165) is 4.90 Å². The van der Waals surface area contributed by atoms with Crippen LogP contribution in [-0.2, 0) is 19.6 Å². The molecule has 1 heterocycles. The van der Waals surface area contributed by atoms with E-state index in [-0.39, 0.29) is 23.1 Å². The van der Waals surface area contributed by atoms with Gasteiger partial charge in [-0.15, -0.1) is 11.8 Å². The molecule has 0 aromatic heterocycles. The van der Waals surface area contributed by atoms with E-state index in [1.807, 2.05) is 0 Å². The summed E-state index contributed by atoms with van der Waals surface area (Å²) in [4.78, 5) is 27.4. The number of nitrogens with zero attached hydrogens (tertiary/aromatic N) is 1. The molecule has 2 amide bonds. The summed E-state index contributed by atoms with van der Waals surface area (Å²) in [5, 5.41) is -0.545. The van der Waals surface area contributed by atoms with Crippen LogP contribution in [0.4, 0.5) is 11.4 Å². The van der Waals surface area contributed by atoms with Crippen molar-refractivity contribution in [1.82, 2.24) is 0 Å². The van der Waals surface area contributed by atoms with E-state index in [4.69, 9.17) is 4.74 Å². The molecule has 1 aliphatic heterocycles. The summed E-state index contributed by atoms with van der Waals surface area (Å²) >= 11 is 1.28. The summed E-state index contributed by atoms with van der Waals surface area (Å²) in [5.41, 5.74) is 0.918. The largest absolute Gasteiger partial charge is 0.497 e. The van der Waals surface area contributed by atoms with Crippen molar-refractivity contribution in [2.24, 2.45) is 0 Å². The van der Waals surface area contributed by atoms with E-state index in [0.29, 0.717) is 17.1 Å². The molecule has 9 heteroatoms. The van der Waals surface area contributed by atoms with Crippen LogP contribution in [0.25, 0.3) is 0 Å². The first-order valence-corrected chi connectivity index (χ1v) is 12.1. The maximum Gasteiger partial charge on any atom is 0.261 e. The van der Waals surface area contributed by atoms with Gasteiger partial charge in [0.05, 0.1) is 22.9 Å². The van der Waals surface area contributed by atoms with Crippen LogP contribution in [0.15, 0.2) is 88.7 Å². The summed E-state index contributed by atoms with van der Waals surface area (Å²) < 4.78 is 32.5. The zero-order valence-electron chi connectivity index (χ0n) is 17.1. The summed E-state index contributed by atoms with van der Waals surface area (Å²) in [6.07, 6.45) is 0.0952. The molecule has 32 heavy (non-hydrogen) atoms. The van der Waals surface area contributed by atoms with Crippen LogP contribution in [0.3, 0.4) is 0 Å². The molecular formula is C23H20N2O5S2. The van der Waals surface area contributed by atoms with E-state index < -0.39 is 15.3 Å². The quantitative estimate of drug-likeness (QED) is 0.529. The van der Waals surface area contributed by atoms with E-state index >= 15 is 0 Å². The van der Waals surface area contributed by atoms with Crippen molar-refractivity contribution >= 4 is 45.0 Å². The number of hydrogen-bond acceptors (Lipinski definition) is 6. The van der Waals surface area contributed by atoms with Crippen molar-refractivity contribution in [3.05, 3.63) is 78.9 Å². The fourth-order valence-corrected chi connectivity index (χ4v) is 5.41. The van der Waals surface area contributed by atoms with Gasteiger partial charge >= 0.3 is 0 Å². The second-order valence-corrected chi connectivity index (χ2v) is 9.98. The molecule has 3 aromatic rings. The molecule has 1 aliphatic rings. The minimum Gasteiger partial charge on any atom is -0.497 e. The van der Waals surface area contributed by atoms with Crippen molar-refractivity contribution in [3.63, 3.8) is 0 Å². The number of amides is 2. The molecule has 0 saturated carbocycles. The molecule has 0 spiro atoms. The molecule has 1 N–H and O–H groups in total. The van der Waals surface area contributed by atoms with Gasteiger partial charge in [0.25, 0.3) is 10.0 Å². The van der Waals surface area contributed by atoms with Crippen molar-refractivity contribution in [1.29, 1.82) is 0 Å². The van der Waals surface area contributed by atoms with Gasteiger partial charge < -0.3 is 4.74 Å². The third kappa shape index (κ3) is 4.63. The normalized spacial score (nSPS) is 16.3. The van der Waals surface area contributed by atoms with Gasteiger partial charge in [0.2, 0.25) is 11.8 Å². The average molecular weight is 469 g/mol. The highest BCUT2D eigenvalue weighted by atomic mass is 32.2.